The predicted molar refractivity (Wildman–Crippen MR) is 77.5 cm³/mol. The molecule has 0 aromatic carbocycles. The summed E-state index contributed by atoms with van der Waals surface area (Å²) in [6.07, 6.45) is 5.58. The normalized spacial score (nSPS) is 25.9. The molecule has 4 heteroatoms. The van der Waals surface area contributed by atoms with Gasteiger partial charge in [-0.1, -0.05) is 12.8 Å². The van der Waals surface area contributed by atoms with Gasteiger partial charge < -0.3 is 14.8 Å². The highest BCUT2D eigenvalue weighted by Gasteiger charge is 2.45. The summed E-state index contributed by atoms with van der Waals surface area (Å²) in [4.78, 5) is 2.66. The highest BCUT2D eigenvalue weighted by atomic mass is 16.5. The number of hydrogen-bond acceptors (Lipinski definition) is 4. The minimum Gasteiger partial charge on any atom is -0.379 e. The molecule has 1 saturated heterocycles. The molecule has 1 N–H and O–H groups in total. The van der Waals surface area contributed by atoms with E-state index < -0.39 is 0 Å². The van der Waals surface area contributed by atoms with Crippen LogP contribution < -0.4 is 5.32 Å². The third kappa shape index (κ3) is 3.48. The second kappa shape index (κ2) is 7.02. The van der Waals surface area contributed by atoms with Crippen molar-refractivity contribution in [3.8, 4) is 0 Å². The Hall–Kier alpha value is -0.160. The summed E-state index contributed by atoms with van der Waals surface area (Å²) in [7, 11) is 2.08. The first-order valence-electron chi connectivity index (χ1n) is 7.81. The van der Waals surface area contributed by atoms with Crippen LogP contribution in [0, 0.1) is 0 Å². The topological polar surface area (TPSA) is 33.7 Å². The Morgan fingerprint density at radius 2 is 1.84 bits per heavy atom. The summed E-state index contributed by atoms with van der Waals surface area (Å²) in [5.41, 5.74) is 0.285. The van der Waals surface area contributed by atoms with Crippen molar-refractivity contribution in [2.45, 2.75) is 57.2 Å². The number of nitrogens with zero attached hydrogens (tertiary/aromatic N) is 1. The predicted octanol–water partition coefficient (Wildman–Crippen LogP) is 1.64. The first kappa shape index (κ1) is 15.2. The highest BCUT2D eigenvalue weighted by Crippen LogP contribution is 2.38. The van der Waals surface area contributed by atoms with E-state index in [2.05, 4.69) is 31.1 Å². The average Bonchev–Trinajstić information content (AvgIpc) is 2.91. The lowest BCUT2D eigenvalue weighted by molar-refractivity contribution is -0.0543. The second-order valence-corrected chi connectivity index (χ2v) is 6.13. The molecule has 0 radical (unpaired) electrons. The summed E-state index contributed by atoms with van der Waals surface area (Å²) >= 11 is 0. The monoisotopic (exact) mass is 270 g/mol. The summed E-state index contributed by atoms with van der Waals surface area (Å²) < 4.78 is 11.4. The summed E-state index contributed by atoms with van der Waals surface area (Å²) in [6.45, 7) is 8.93. The van der Waals surface area contributed by atoms with Crippen LogP contribution in [0.3, 0.4) is 0 Å². The van der Waals surface area contributed by atoms with Crippen molar-refractivity contribution in [1.82, 2.24) is 10.2 Å². The molecule has 4 nitrogen and oxygen atoms in total. The van der Waals surface area contributed by atoms with E-state index in [1.54, 1.807) is 0 Å². The fraction of sp³-hybridized carbons (Fsp3) is 1.00. The Kier molecular flexibility index (Phi) is 5.63. The Morgan fingerprint density at radius 3 is 2.37 bits per heavy atom. The van der Waals surface area contributed by atoms with Crippen molar-refractivity contribution in [2.75, 3.05) is 40.0 Å². The van der Waals surface area contributed by atoms with E-state index in [0.29, 0.717) is 12.1 Å². The van der Waals surface area contributed by atoms with Crippen LogP contribution in [0.4, 0.5) is 0 Å². The van der Waals surface area contributed by atoms with Crippen LogP contribution in [0.5, 0.6) is 0 Å². The maximum atomic E-state index is 5.90. The van der Waals surface area contributed by atoms with Gasteiger partial charge in [0.15, 0.2) is 0 Å². The number of nitrogens with one attached hydrogen (secondary N) is 1. The SMILES string of the molecule is CNC(COC(C)C)C1(N2CCOCC2)CCCC1. The zero-order chi connectivity index (χ0) is 13.7. The molecule has 2 rings (SSSR count). The standard InChI is InChI=1S/C15H30N2O2/c1-13(2)19-12-14(16-3)15(6-4-5-7-15)17-8-10-18-11-9-17/h13-14,16H,4-12H2,1-3H3. The van der Waals surface area contributed by atoms with Crippen LogP contribution in [0.2, 0.25) is 0 Å². The van der Waals surface area contributed by atoms with E-state index in [1.165, 1.54) is 25.7 Å². The number of rotatable bonds is 6. The van der Waals surface area contributed by atoms with Gasteiger partial charge in [0.2, 0.25) is 0 Å². The molecule has 0 spiro atoms. The average molecular weight is 270 g/mol. The maximum Gasteiger partial charge on any atom is 0.0641 e. The molecule has 1 unspecified atom stereocenters. The Balaban J connectivity index is 2.06. The fourth-order valence-corrected chi connectivity index (χ4v) is 3.68. The Labute approximate surface area is 117 Å². The van der Waals surface area contributed by atoms with Crippen molar-refractivity contribution in [3.05, 3.63) is 0 Å². The summed E-state index contributed by atoms with van der Waals surface area (Å²) in [6, 6.07) is 0.426. The van der Waals surface area contributed by atoms with Crippen LogP contribution in [0.25, 0.3) is 0 Å². The molecule has 0 bridgehead atoms. The number of ether oxygens (including phenoxy) is 2. The molecular weight excluding hydrogens is 240 g/mol. The van der Waals surface area contributed by atoms with Gasteiger partial charge in [-0.15, -0.1) is 0 Å². The smallest absolute Gasteiger partial charge is 0.0641 e. The molecule has 1 aliphatic heterocycles. The lowest BCUT2D eigenvalue weighted by Gasteiger charge is -2.48. The van der Waals surface area contributed by atoms with Crippen molar-refractivity contribution < 1.29 is 9.47 Å². The zero-order valence-corrected chi connectivity index (χ0v) is 12.8. The molecule has 1 heterocycles. The van der Waals surface area contributed by atoms with Crippen LogP contribution >= 0.6 is 0 Å². The van der Waals surface area contributed by atoms with Crippen molar-refractivity contribution >= 4 is 0 Å². The Bertz CT molecular complexity index is 259. The van der Waals surface area contributed by atoms with Crippen LogP contribution in [-0.2, 0) is 9.47 Å². The van der Waals surface area contributed by atoms with Gasteiger partial charge in [0, 0.05) is 24.7 Å². The second-order valence-electron chi connectivity index (χ2n) is 6.13. The van der Waals surface area contributed by atoms with E-state index >= 15 is 0 Å². The molecule has 19 heavy (non-hydrogen) atoms. The van der Waals surface area contributed by atoms with Gasteiger partial charge in [0.05, 0.1) is 25.9 Å². The van der Waals surface area contributed by atoms with Gasteiger partial charge in [0.1, 0.15) is 0 Å². The molecule has 0 aromatic heterocycles. The quantitative estimate of drug-likeness (QED) is 0.795. The van der Waals surface area contributed by atoms with Gasteiger partial charge in [-0.25, -0.2) is 0 Å². The fourth-order valence-electron chi connectivity index (χ4n) is 3.68. The third-order valence-electron chi connectivity index (χ3n) is 4.70. The number of likely N-dealkylation sites (N-methyl/N-ethyl adjacent to an activating group) is 1. The van der Waals surface area contributed by atoms with Gasteiger partial charge >= 0.3 is 0 Å². The van der Waals surface area contributed by atoms with E-state index in [9.17, 15) is 0 Å². The third-order valence-corrected chi connectivity index (χ3v) is 4.70. The van der Waals surface area contributed by atoms with Gasteiger partial charge in [-0.3, -0.25) is 4.90 Å². The molecule has 1 saturated carbocycles. The lowest BCUT2D eigenvalue weighted by atomic mass is 9.86. The van der Waals surface area contributed by atoms with Gasteiger partial charge in [-0.05, 0) is 33.7 Å². The molecule has 1 aliphatic carbocycles. The summed E-state index contributed by atoms with van der Waals surface area (Å²) in [5, 5.41) is 3.53. The van der Waals surface area contributed by atoms with Gasteiger partial charge in [0.25, 0.3) is 0 Å². The zero-order valence-electron chi connectivity index (χ0n) is 12.8. The lowest BCUT2D eigenvalue weighted by Crippen LogP contribution is -2.63. The van der Waals surface area contributed by atoms with Crippen molar-refractivity contribution in [3.63, 3.8) is 0 Å². The van der Waals surface area contributed by atoms with Crippen LogP contribution in [0.15, 0.2) is 0 Å². The van der Waals surface area contributed by atoms with Crippen molar-refractivity contribution in [1.29, 1.82) is 0 Å². The number of morpholine rings is 1. The first-order valence-corrected chi connectivity index (χ1v) is 7.81. The summed E-state index contributed by atoms with van der Waals surface area (Å²) in [5.74, 6) is 0. The van der Waals surface area contributed by atoms with E-state index in [-0.39, 0.29) is 5.54 Å². The van der Waals surface area contributed by atoms with Crippen molar-refractivity contribution in [2.24, 2.45) is 0 Å². The highest BCUT2D eigenvalue weighted by molar-refractivity contribution is 5.03. The minimum atomic E-state index is 0.285. The maximum absolute atomic E-state index is 5.90. The van der Waals surface area contributed by atoms with Crippen LogP contribution in [0.1, 0.15) is 39.5 Å². The van der Waals surface area contributed by atoms with E-state index in [4.69, 9.17) is 9.47 Å². The molecule has 2 aliphatic rings. The molecule has 0 amide bonds. The number of hydrogen-bond donors (Lipinski definition) is 1. The Morgan fingerprint density at radius 1 is 1.21 bits per heavy atom. The van der Waals surface area contributed by atoms with Gasteiger partial charge in [-0.2, -0.15) is 0 Å². The van der Waals surface area contributed by atoms with E-state index in [0.717, 1.165) is 32.9 Å². The molecule has 2 fully saturated rings. The molecule has 0 aromatic rings. The van der Waals surface area contributed by atoms with Crippen LogP contribution in [-0.4, -0.2) is 62.5 Å². The largest absolute Gasteiger partial charge is 0.379 e. The molecule has 1 atom stereocenters. The first-order chi connectivity index (χ1) is 9.19. The molecule has 112 valence electrons. The molecular formula is C15H30N2O2. The minimum absolute atomic E-state index is 0.285. The van der Waals surface area contributed by atoms with E-state index in [1.807, 2.05) is 0 Å².